The fourth-order valence-electron chi connectivity index (χ4n) is 2.53. The minimum absolute atomic E-state index is 0.0160. The zero-order valence-electron chi connectivity index (χ0n) is 12.9. The van der Waals surface area contributed by atoms with Crippen molar-refractivity contribution in [1.29, 1.82) is 0 Å². The largest absolute Gasteiger partial charge is 0.492 e. The summed E-state index contributed by atoms with van der Waals surface area (Å²) in [6, 6.07) is 7.16. The molecule has 0 radical (unpaired) electrons. The van der Waals surface area contributed by atoms with Gasteiger partial charge in [-0.1, -0.05) is 25.0 Å². The van der Waals surface area contributed by atoms with Crippen LogP contribution in [-0.4, -0.2) is 31.1 Å². The van der Waals surface area contributed by atoms with E-state index < -0.39 is 6.03 Å². The highest BCUT2D eigenvalue weighted by molar-refractivity contribution is 5.96. The van der Waals surface area contributed by atoms with Gasteiger partial charge in [0.25, 0.3) is 0 Å². The van der Waals surface area contributed by atoms with E-state index in [4.69, 9.17) is 4.74 Å². The molecule has 1 aromatic carbocycles. The molecule has 0 unspecified atom stereocenters. The van der Waals surface area contributed by atoms with Gasteiger partial charge in [0.15, 0.2) is 0 Å². The number of carbonyl (C=O) groups is 2. The van der Waals surface area contributed by atoms with Gasteiger partial charge in [-0.15, -0.1) is 0 Å². The van der Waals surface area contributed by atoms with E-state index in [0.717, 1.165) is 31.4 Å². The summed E-state index contributed by atoms with van der Waals surface area (Å²) in [4.78, 5) is 23.5. The third-order valence-electron chi connectivity index (χ3n) is 3.57. The maximum Gasteiger partial charge on any atom is 0.321 e. The van der Waals surface area contributed by atoms with Crippen LogP contribution < -0.4 is 20.7 Å². The van der Waals surface area contributed by atoms with Crippen LogP contribution in [0.1, 0.15) is 32.6 Å². The van der Waals surface area contributed by atoms with E-state index in [1.165, 1.54) is 0 Å². The molecule has 0 spiro atoms. The number of hydrogen-bond donors (Lipinski definition) is 3. The monoisotopic (exact) mass is 305 g/mol. The Kier molecular flexibility index (Phi) is 6.06. The summed E-state index contributed by atoms with van der Waals surface area (Å²) in [5.74, 6) is 0.315. The summed E-state index contributed by atoms with van der Waals surface area (Å²) >= 11 is 0. The van der Waals surface area contributed by atoms with Crippen LogP contribution in [0, 0.1) is 0 Å². The summed E-state index contributed by atoms with van der Waals surface area (Å²) < 4.78 is 5.47. The Morgan fingerprint density at radius 3 is 2.68 bits per heavy atom. The molecular formula is C16H23N3O3. The molecule has 22 heavy (non-hydrogen) atoms. The number of imide groups is 1. The highest BCUT2D eigenvalue weighted by Crippen LogP contribution is 2.23. The van der Waals surface area contributed by atoms with Crippen LogP contribution in [-0.2, 0) is 4.79 Å². The molecule has 6 nitrogen and oxygen atoms in total. The number of urea groups is 1. The first kappa shape index (κ1) is 16.1. The first-order valence-electron chi connectivity index (χ1n) is 7.75. The van der Waals surface area contributed by atoms with Crippen LogP contribution in [0.15, 0.2) is 24.3 Å². The second-order valence-corrected chi connectivity index (χ2v) is 5.29. The van der Waals surface area contributed by atoms with Crippen molar-refractivity contribution < 1.29 is 14.3 Å². The normalized spacial score (nSPS) is 14.4. The van der Waals surface area contributed by atoms with Gasteiger partial charge >= 0.3 is 6.03 Å². The summed E-state index contributed by atoms with van der Waals surface area (Å²) in [6.07, 6.45) is 4.24. The van der Waals surface area contributed by atoms with E-state index in [2.05, 4.69) is 16.0 Å². The fourth-order valence-corrected chi connectivity index (χ4v) is 2.53. The summed E-state index contributed by atoms with van der Waals surface area (Å²) in [5.41, 5.74) is 0.732. The molecule has 6 heteroatoms. The fraction of sp³-hybridized carbons (Fsp3) is 0.500. The van der Waals surface area contributed by atoms with Gasteiger partial charge in [-0.2, -0.15) is 0 Å². The predicted molar refractivity (Wildman–Crippen MR) is 85.0 cm³/mol. The summed E-state index contributed by atoms with van der Waals surface area (Å²) in [6.45, 7) is 2.47. The topological polar surface area (TPSA) is 79.5 Å². The Hall–Kier alpha value is -2.24. The summed E-state index contributed by atoms with van der Waals surface area (Å²) in [7, 11) is 0. The van der Waals surface area contributed by atoms with Crippen molar-refractivity contribution in [3.05, 3.63) is 24.3 Å². The van der Waals surface area contributed by atoms with Crippen LogP contribution in [0.2, 0.25) is 0 Å². The Balaban J connectivity index is 1.76. The molecule has 3 N–H and O–H groups in total. The first-order valence-corrected chi connectivity index (χ1v) is 7.75. The van der Waals surface area contributed by atoms with E-state index in [1.807, 2.05) is 31.2 Å². The summed E-state index contributed by atoms with van der Waals surface area (Å²) in [5, 5.41) is 8.13. The molecule has 0 aliphatic heterocycles. The average molecular weight is 305 g/mol. The van der Waals surface area contributed by atoms with Crippen molar-refractivity contribution in [1.82, 2.24) is 10.6 Å². The van der Waals surface area contributed by atoms with Crippen molar-refractivity contribution in [2.75, 3.05) is 18.5 Å². The molecule has 1 aliphatic carbocycles. The van der Waals surface area contributed by atoms with E-state index in [0.29, 0.717) is 12.4 Å². The molecule has 0 atom stereocenters. The molecule has 0 aromatic heterocycles. The molecule has 1 aliphatic rings. The van der Waals surface area contributed by atoms with Crippen LogP contribution in [0.5, 0.6) is 5.75 Å². The van der Waals surface area contributed by atoms with Gasteiger partial charge in [0.1, 0.15) is 5.75 Å². The zero-order chi connectivity index (χ0) is 15.8. The van der Waals surface area contributed by atoms with Crippen molar-refractivity contribution in [3.63, 3.8) is 0 Å². The minimum atomic E-state index is -0.420. The van der Waals surface area contributed by atoms with Gasteiger partial charge in [0.05, 0.1) is 18.8 Å². The molecule has 0 heterocycles. The van der Waals surface area contributed by atoms with Gasteiger partial charge < -0.3 is 15.4 Å². The van der Waals surface area contributed by atoms with Gasteiger partial charge in [-0.3, -0.25) is 10.1 Å². The average Bonchev–Trinajstić information content (AvgIpc) is 2.99. The molecular weight excluding hydrogens is 282 g/mol. The van der Waals surface area contributed by atoms with Crippen molar-refractivity contribution in [3.8, 4) is 5.75 Å². The van der Waals surface area contributed by atoms with Gasteiger partial charge in [-0.25, -0.2) is 4.79 Å². The van der Waals surface area contributed by atoms with Gasteiger partial charge in [0.2, 0.25) is 5.91 Å². The lowest BCUT2D eigenvalue weighted by molar-refractivity contribution is -0.118. The SMILES string of the molecule is CCOc1ccccc1NCC(=O)NC(=O)NC1CCCC1. The predicted octanol–water partition coefficient (Wildman–Crippen LogP) is 2.27. The third-order valence-corrected chi connectivity index (χ3v) is 3.57. The highest BCUT2D eigenvalue weighted by atomic mass is 16.5. The zero-order valence-corrected chi connectivity index (χ0v) is 12.9. The van der Waals surface area contributed by atoms with Crippen LogP contribution in [0.4, 0.5) is 10.5 Å². The number of hydrogen-bond acceptors (Lipinski definition) is 4. The quantitative estimate of drug-likeness (QED) is 0.753. The molecule has 2 rings (SSSR count). The number of nitrogens with one attached hydrogen (secondary N) is 3. The van der Waals surface area contributed by atoms with Gasteiger partial charge in [-0.05, 0) is 31.9 Å². The lowest BCUT2D eigenvalue weighted by atomic mass is 10.2. The first-order chi connectivity index (χ1) is 10.7. The maximum atomic E-state index is 11.8. The lowest BCUT2D eigenvalue weighted by Crippen LogP contribution is -2.45. The van der Waals surface area contributed by atoms with Crippen LogP contribution in [0.3, 0.4) is 0 Å². The lowest BCUT2D eigenvalue weighted by Gasteiger charge is -2.14. The smallest absolute Gasteiger partial charge is 0.321 e. The number of anilines is 1. The number of benzene rings is 1. The second-order valence-electron chi connectivity index (χ2n) is 5.29. The van der Waals surface area contributed by atoms with Crippen molar-refractivity contribution in [2.24, 2.45) is 0 Å². The Morgan fingerprint density at radius 2 is 1.95 bits per heavy atom. The minimum Gasteiger partial charge on any atom is -0.492 e. The number of ether oxygens (including phenoxy) is 1. The van der Waals surface area contributed by atoms with E-state index >= 15 is 0 Å². The van der Waals surface area contributed by atoms with E-state index in [9.17, 15) is 9.59 Å². The van der Waals surface area contributed by atoms with Crippen LogP contribution in [0.25, 0.3) is 0 Å². The molecule has 120 valence electrons. The molecule has 0 bridgehead atoms. The number of para-hydroxylation sites is 2. The Labute approximate surface area is 130 Å². The maximum absolute atomic E-state index is 11.8. The number of carbonyl (C=O) groups excluding carboxylic acids is 2. The molecule has 1 fully saturated rings. The number of amides is 3. The number of rotatable bonds is 6. The van der Waals surface area contributed by atoms with Crippen LogP contribution >= 0.6 is 0 Å². The van der Waals surface area contributed by atoms with Gasteiger partial charge in [0, 0.05) is 6.04 Å². The Morgan fingerprint density at radius 1 is 1.23 bits per heavy atom. The highest BCUT2D eigenvalue weighted by Gasteiger charge is 2.18. The molecule has 0 saturated heterocycles. The van der Waals surface area contributed by atoms with E-state index in [1.54, 1.807) is 0 Å². The van der Waals surface area contributed by atoms with Crippen molar-refractivity contribution in [2.45, 2.75) is 38.6 Å². The van der Waals surface area contributed by atoms with Crippen molar-refractivity contribution >= 4 is 17.6 Å². The van der Waals surface area contributed by atoms with E-state index in [-0.39, 0.29) is 18.5 Å². The molecule has 1 aromatic rings. The second kappa shape index (κ2) is 8.26. The standard InChI is InChI=1S/C16H23N3O3/c1-2-22-14-10-6-5-9-13(14)17-11-15(20)19-16(21)18-12-7-3-4-8-12/h5-6,9-10,12,17H,2-4,7-8,11H2,1H3,(H2,18,19,20,21). The molecule has 1 saturated carbocycles. The Bertz CT molecular complexity index is 513. The third kappa shape index (κ3) is 4.95. The molecule has 3 amide bonds.